The van der Waals surface area contributed by atoms with Gasteiger partial charge >= 0.3 is 12.1 Å². The first-order valence-corrected chi connectivity index (χ1v) is 9.98. The van der Waals surface area contributed by atoms with E-state index in [4.69, 9.17) is 0 Å². The van der Waals surface area contributed by atoms with Crippen LogP contribution in [0.1, 0.15) is 11.1 Å². The molecular formula is C22H20N6O6. The normalized spacial score (nSPS) is 10.1. The molecule has 3 rings (SSSR count). The Hall–Kier alpha value is -5.00. The molecule has 0 aliphatic heterocycles. The minimum absolute atomic E-state index is 0.0765. The quantitative estimate of drug-likeness (QED) is 0.288. The number of carbonyl (C=O) groups is 2. The molecule has 174 valence electrons. The van der Waals surface area contributed by atoms with Crippen LogP contribution >= 0.6 is 0 Å². The molecular weight excluding hydrogens is 444 g/mol. The van der Waals surface area contributed by atoms with E-state index in [1.165, 1.54) is 36.4 Å². The number of hydrogen-bond donors (Lipinski definition) is 4. The van der Waals surface area contributed by atoms with Crippen LogP contribution in [0.3, 0.4) is 0 Å². The van der Waals surface area contributed by atoms with E-state index in [1.807, 2.05) is 0 Å². The van der Waals surface area contributed by atoms with Crippen LogP contribution in [0, 0.1) is 20.2 Å². The van der Waals surface area contributed by atoms with Gasteiger partial charge in [-0.05, 0) is 23.3 Å². The first-order chi connectivity index (χ1) is 16.3. The van der Waals surface area contributed by atoms with Crippen molar-refractivity contribution in [2.24, 2.45) is 0 Å². The minimum atomic E-state index is -0.610. The number of nitrogens with one attached hydrogen (secondary N) is 4. The molecule has 0 fully saturated rings. The molecule has 34 heavy (non-hydrogen) atoms. The lowest BCUT2D eigenvalue weighted by atomic mass is 10.1. The number of nitro groups is 2. The molecule has 4 amide bonds. The Kier molecular flexibility index (Phi) is 7.68. The average Bonchev–Trinajstić information content (AvgIpc) is 2.82. The van der Waals surface area contributed by atoms with Crippen LogP contribution in [0.15, 0.2) is 72.8 Å². The molecule has 0 heterocycles. The molecule has 3 aromatic carbocycles. The number of amides is 4. The van der Waals surface area contributed by atoms with Gasteiger partial charge in [0.25, 0.3) is 11.4 Å². The van der Waals surface area contributed by atoms with Crippen molar-refractivity contribution in [3.8, 4) is 0 Å². The highest BCUT2D eigenvalue weighted by molar-refractivity contribution is 5.92. The Morgan fingerprint density at radius 2 is 1.06 bits per heavy atom. The van der Waals surface area contributed by atoms with Gasteiger partial charge in [-0.25, -0.2) is 9.59 Å². The molecule has 0 unspecified atom stereocenters. The van der Waals surface area contributed by atoms with E-state index in [-0.39, 0.29) is 35.8 Å². The van der Waals surface area contributed by atoms with Gasteiger partial charge in [0.15, 0.2) is 0 Å². The molecule has 4 N–H and O–H groups in total. The zero-order chi connectivity index (χ0) is 24.5. The average molecular weight is 464 g/mol. The third kappa shape index (κ3) is 6.50. The lowest BCUT2D eigenvalue weighted by molar-refractivity contribution is -0.384. The first kappa shape index (κ1) is 23.7. The van der Waals surface area contributed by atoms with Crippen LogP contribution in [0.5, 0.6) is 0 Å². The van der Waals surface area contributed by atoms with E-state index in [0.29, 0.717) is 0 Å². The summed E-state index contributed by atoms with van der Waals surface area (Å²) in [6, 6.07) is 17.4. The van der Waals surface area contributed by atoms with Gasteiger partial charge in [-0.2, -0.15) is 0 Å². The van der Waals surface area contributed by atoms with Crippen molar-refractivity contribution < 1.29 is 19.4 Å². The Labute approximate surface area is 193 Å². The van der Waals surface area contributed by atoms with Crippen molar-refractivity contribution in [1.82, 2.24) is 10.6 Å². The number of para-hydroxylation sites is 4. The Bertz CT molecular complexity index is 1140. The fourth-order valence-electron chi connectivity index (χ4n) is 3.02. The molecule has 0 radical (unpaired) electrons. The number of nitro benzene ring substituents is 2. The largest absolute Gasteiger partial charge is 0.334 e. The smallest absolute Gasteiger partial charge is 0.319 e. The summed E-state index contributed by atoms with van der Waals surface area (Å²) in [4.78, 5) is 45.2. The number of benzene rings is 3. The summed E-state index contributed by atoms with van der Waals surface area (Å²) >= 11 is 0. The monoisotopic (exact) mass is 464 g/mol. The van der Waals surface area contributed by atoms with Gasteiger partial charge in [0.05, 0.1) is 9.85 Å². The summed E-state index contributed by atoms with van der Waals surface area (Å²) in [5.41, 5.74) is 1.18. The van der Waals surface area contributed by atoms with Gasteiger partial charge < -0.3 is 21.3 Å². The third-order valence-corrected chi connectivity index (χ3v) is 4.60. The van der Waals surface area contributed by atoms with Crippen LogP contribution in [-0.4, -0.2) is 21.9 Å². The second kappa shape index (κ2) is 11.0. The minimum Gasteiger partial charge on any atom is -0.334 e. The summed E-state index contributed by atoms with van der Waals surface area (Å²) in [6.45, 7) is 0.283. The van der Waals surface area contributed by atoms with E-state index < -0.39 is 21.9 Å². The van der Waals surface area contributed by atoms with Gasteiger partial charge in [0.1, 0.15) is 11.4 Å². The maximum absolute atomic E-state index is 12.2. The summed E-state index contributed by atoms with van der Waals surface area (Å²) < 4.78 is 0. The van der Waals surface area contributed by atoms with Crippen LogP contribution < -0.4 is 21.3 Å². The maximum Gasteiger partial charge on any atom is 0.319 e. The molecule has 0 aliphatic carbocycles. The Morgan fingerprint density at radius 1 is 0.647 bits per heavy atom. The summed E-state index contributed by atoms with van der Waals surface area (Å²) in [5, 5.41) is 32.2. The second-order valence-electron chi connectivity index (χ2n) is 6.98. The predicted molar refractivity (Wildman–Crippen MR) is 124 cm³/mol. The summed E-state index contributed by atoms with van der Waals surface area (Å²) in [5.74, 6) is 0. The zero-order valence-electron chi connectivity index (χ0n) is 17.7. The molecule has 0 aromatic heterocycles. The van der Waals surface area contributed by atoms with Crippen LogP contribution in [0.25, 0.3) is 0 Å². The third-order valence-electron chi connectivity index (χ3n) is 4.60. The highest BCUT2D eigenvalue weighted by atomic mass is 16.6. The fourth-order valence-corrected chi connectivity index (χ4v) is 3.02. The fraction of sp³-hybridized carbons (Fsp3) is 0.0909. The summed E-state index contributed by atoms with van der Waals surface area (Å²) in [7, 11) is 0. The number of urea groups is 2. The standard InChI is InChI=1S/C22H20N6O6/c29-21(25-17-8-1-3-10-19(17)27(31)32)23-13-15-6-5-7-16(12-15)14-24-22(30)26-18-9-2-4-11-20(18)28(33)34/h1-12H,13-14H2,(H2,23,25,29)(H2,24,26,30). The Morgan fingerprint density at radius 3 is 1.47 bits per heavy atom. The second-order valence-corrected chi connectivity index (χ2v) is 6.98. The molecule has 12 heteroatoms. The van der Waals surface area contributed by atoms with E-state index in [1.54, 1.807) is 36.4 Å². The number of nitrogens with zero attached hydrogens (tertiary/aromatic N) is 2. The van der Waals surface area contributed by atoms with Gasteiger partial charge in [0, 0.05) is 25.2 Å². The topological polar surface area (TPSA) is 169 Å². The molecule has 0 spiro atoms. The summed E-state index contributed by atoms with van der Waals surface area (Å²) in [6.07, 6.45) is 0. The molecule has 3 aromatic rings. The highest BCUT2D eigenvalue weighted by Crippen LogP contribution is 2.23. The molecule has 0 aliphatic rings. The lowest BCUT2D eigenvalue weighted by Crippen LogP contribution is -2.29. The molecule has 0 atom stereocenters. The molecule has 0 saturated heterocycles. The van der Waals surface area contributed by atoms with Crippen molar-refractivity contribution in [1.29, 1.82) is 0 Å². The van der Waals surface area contributed by atoms with Crippen molar-refractivity contribution in [3.63, 3.8) is 0 Å². The van der Waals surface area contributed by atoms with Crippen molar-refractivity contribution in [2.45, 2.75) is 13.1 Å². The molecule has 12 nitrogen and oxygen atoms in total. The van der Waals surface area contributed by atoms with E-state index in [9.17, 15) is 29.8 Å². The number of hydrogen-bond acceptors (Lipinski definition) is 6. The van der Waals surface area contributed by atoms with Crippen LogP contribution in [0.4, 0.5) is 32.3 Å². The van der Waals surface area contributed by atoms with Crippen molar-refractivity contribution in [3.05, 3.63) is 104 Å². The van der Waals surface area contributed by atoms with Crippen molar-refractivity contribution in [2.75, 3.05) is 10.6 Å². The highest BCUT2D eigenvalue weighted by Gasteiger charge is 2.15. The zero-order valence-corrected chi connectivity index (χ0v) is 17.7. The van der Waals surface area contributed by atoms with Gasteiger partial charge in [0.2, 0.25) is 0 Å². The molecule has 0 saturated carbocycles. The predicted octanol–water partition coefficient (Wildman–Crippen LogP) is 4.15. The van der Waals surface area contributed by atoms with Crippen LogP contribution in [-0.2, 0) is 13.1 Å². The SMILES string of the molecule is O=C(NCc1cccc(CNC(=O)Nc2ccccc2[N+](=O)[O-])c1)Nc1ccccc1[N+](=O)[O-]. The van der Waals surface area contributed by atoms with E-state index >= 15 is 0 Å². The maximum atomic E-state index is 12.2. The van der Waals surface area contributed by atoms with Gasteiger partial charge in [-0.3, -0.25) is 20.2 Å². The lowest BCUT2D eigenvalue weighted by Gasteiger charge is -2.10. The Balaban J connectivity index is 1.52. The van der Waals surface area contributed by atoms with Gasteiger partial charge in [-0.15, -0.1) is 0 Å². The number of rotatable bonds is 8. The first-order valence-electron chi connectivity index (χ1n) is 9.98. The van der Waals surface area contributed by atoms with E-state index in [2.05, 4.69) is 21.3 Å². The molecule has 0 bridgehead atoms. The van der Waals surface area contributed by atoms with Crippen LogP contribution in [0.2, 0.25) is 0 Å². The van der Waals surface area contributed by atoms with Gasteiger partial charge in [-0.1, -0.05) is 48.5 Å². The number of carbonyl (C=O) groups excluding carboxylic acids is 2. The number of anilines is 2. The van der Waals surface area contributed by atoms with Crippen molar-refractivity contribution >= 4 is 34.8 Å². The van der Waals surface area contributed by atoms with E-state index in [0.717, 1.165) is 11.1 Å².